The van der Waals surface area contributed by atoms with Gasteiger partial charge in [-0.2, -0.15) is 0 Å². The van der Waals surface area contributed by atoms with Crippen LogP contribution in [-0.2, 0) is 0 Å². The number of nitrogens with zero attached hydrogens (tertiary/aromatic N) is 2. The minimum Gasteiger partial charge on any atom is -0.456 e. The molecule has 3 heteroatoms. The van der Waals surface area contributed by atoms with Gasteiger partial charge in [0.2, 0.25) is 0 Å². The Labute approximate surface area is 322 Å². The molecule has 0 radical (unpaired) electrons. The summed E-state index contributed by atoms with van der Waals surface area (Å²) in [5.74, 6) is 0. The summed E-state index contributed by atoms with van der Waals surface area (Å²) in [5.41, 5.74) is 12.1. The average molecular weight is 713 g/mol. The number of furan rings is 1. The van der Waals surface area contributed by atoms with E-state index in [2.05, 4.69) is 193 Å². The maximum Gasteiger partial charge on any atom is 0.136 e. The van der Waals surface area contributed by atoms with Gasteiger partial charge in [-0.25, -0.2) is 0 Å². The Morgan fingerprint density at radius 2 is 0.911 bits per heavy atom. The second-order valence-corrected chi connectivity index (χ2v) is 14.7. The quantitative estimate of drug-likeness (QED) is 0.170. The second kappa shape index (κ2) is 12.0. The lowest BCUT2D eigenvalue weighted by Crippen LogP contribution is -1.93. The smallest absolute Gasteiger partial charge is 0.136 e. The highest BCUT2D eigenvalue weighted by Crippen LogP contribution is 2.45. The highest BCUT2D eigenvalue weighted by Gasteiger charge is 2.19. The zero-order valence-electron chi connectivity index (χ0n) is 30.3. The molecule has 0 aliphatic carbocycles. The van der Waals surface area contributed by atoms with Gasteiger partial charge in [0.1, 0.15) is 11.2 Å². The van der Waals surface area contributed by atoms with Crippen molar-refractivity contribution in [1.29, 1.82) is 0 Å². The van der Waals surface area contributed by atoms with Crippen LogP contribution in [0.4, 0.5) is 0 Å². The number of fused-ring (bicyclic) bond motifs is 9. The summed E-state index contributed by atoms with van der Waals surface area (Å²) < 4.78 is 8.67. The number of hydrogen-bond acceptors (Lipinski definition) is 2. The van der Waals surface area contributed by atoms with E-state index in [1.54, 1.807) is 0 Å². The largest absolute Gasteiger partial charge is 0.456 e. The van der Waals surface area contributed by atoms with Crippen molar-refractivity contribution in [2.24, 2.45) is 0 Å². The summed E-state index contributed by atoms with van der Waals surface area (Å²) in [5, 5.41) is 12.0. The number of aromatic nitrogens is 2. The van der Waals surface area contributed by atoms with E-state index in [1.165, 1.54) is 70.8 Å². The van der Waals surface area contributed by atoms with Crippen molar-refractivity contribution < 1.29 is 4.42 Å². The molecule has 0 aliphatic heterocycles. The lowest BCUT2D eigenvalue weighted by atomic mass is 9.86. The van der Waals surface area contributed by atoms with Crippen molar-refractivity contribution in [2.75, 3.05) is 0 Å². The fourth-order valence-electron chi connectivity index (χ4n) is 9.07. The Morgan fingerprint density at radius 3 is 1.62 bits per heavy atom. The van der Waals surface area contributed by atoms with Crippen LogP contribution in [0, 0.1) is 0 Å². The predicted octanol–water partition coefficient (Wildman–Crippen LogP) is 14.5. The van der Waals surface area contributed by atoms with Gasteiger partial charge in [-0.15, -0.1) is 0 Å². The SMILES string of the molecule is c1ccc(-n2c3ccccc3c3cc(-c4c5ccccc5c(-c5ccc(-c6ccc7oc8cc9ccccc9cc8c7c6)nc5)c5ccccc45)ccc32)cc1. The topological polar surface area (TPSA) is 31.0 Å². The molecule has 0 saturated heterocycles. The third kappa shape index (κ3) is 4.61. The average Bonchev–Trinajstić information content (AvgIpc) is 3.79. The number of benzene rings is 9. The first-order chi connectivity index (χ1) is 27.8. The highest BCUT2D eigenvalue weighted by molar-refractivity contribution is 6.22. The van der Waals surface area contributed by atoms with Crippen LogP contribution in [0.25, 0.3) is 115 Å². The van der Waals surface area contributed by atoms with E-state index in [-0.39, 0.29) is 0 Å². The molecule has 0 N–H and O–H groups in total. The summed E-state index contributed by atoms with van der Waals surface area (Å²) in [7, 11) is 0. The number of rotatable bonds is 4. The highest BCUT2D eigenvalue weighted by atomic mass is 16.3. The van der Waals surface area contributed by atoms with E-state index in [4.69, 9.17) is 9.40 Å². The Morgan fingerprint density at radius 1 is 0.357 bits per heavy atom. The molecule has 0 bridgehead atoms. The van der Waals surface area contributed by atoms with Gasteiger partial charge >= 0.3 is 0 Å². The van der Waals surface area contributed by atoms with E-state index in [0.717, 1.165) is 44.4 Å². The van der Waals surface area contributed by atoms with Crippen molar-refractivity contribution in [1.82, 2.24) is 9.55 Å². The zero-order valence-corrected chi connectivity index (χ0v) is 30.3. The standard InChI is InChI=1S/C53H32N2O/c1-2-14-38(15-3-1)55-48-21-11-10-16-39(48)44-30-36(23-26-49(44)55)52-40-17-6-8-19-42(40)53(43-20-9-7-18-41(43)52)37-22-25-47(54-32-37)35-24-27-50-45(29-35)46-28-33-12-4-5-13-34(33)31-51(46)56-50/h1-32H. The van der Waals surface area contributed by atoms with Crippen LogP contribution in [-0.4, -0.2) is 9.55 Å². The molecule has 9 aromatic carbocycles. The molecule has 3 aromatic heterocycles. The molecule has 0 spiro atoms. The van der Waals surface area contributed by atoms with E-state index in [1.807, 2.05) is 6.20 Å². The van der Waals surface area contributed by atoms with Gasteiger partial charge in [-0.05, 0) is 116 Å². The van der Waals surface area contributed by atoms with Gasteiger partial charge in [-0.1, -0.05) is 121 Å². The van der Waals surface area contributed by atoms with E-state index >= 15 is 0 Å². The molecule has 0 aliphatic rings. The predicted molar refractivity (Wildman–Crippen MR) is 235 cm³/mol. The summed E-state index contributed by atoms with van der Waals surface area (Å²) in [6, 6.07) is 67.6. The van der Waals surface area contributed by atoms with Gasteiger partial charge in [-0.3, -0.25) is 4.98 Å². The summed E-state index contributed by atoms with van der Waals surface area (Å²) >= 11 is 0. The van der Waals surface area contributed by atoms with E-state index in [9.17, 15) is 0 Å². The third-order valence-corrected chi connectivity index (χ3v) is 11.6. The van der Waals surface area contributed by atoms with Crippen molar-refractivity contribution in [3.8, 4) is 39.2 Å². The first-order valence-electron chi connectivity index (χ1n) is 19.1. The Balaban J connectivity index is 1.01. The van der Waals surface area contributed by atoms with Crippen molar-refractivity contribution in [3.63, 3.8) is 0 Å². The van der Waals surface area contributed by atoms with Gasteiger partial charge in [0.25, 0.3) is 0 Å². The van der Waals surface area contributed by atoms with Crippen LogP contribution in [0.3, 0.4) is 0 Å². The molecule has 0 unspecified atom stereocenters. The van der Waals surface area contributed by atoms with E-state index < -0.39 is 0 Å². The lowest BCUT2D eigenvalue weighted by Gasteiger charge is -2.18. The first-order valence-corrected chi connectivity index (χ1v) is 19.1. The van der Waals surface area contributed by atoms with Crippen molar-refractivity contribution >= 4 is 76.1 Å². The van der Waals surface area contributed by atoms with Gasteiger partial charge in [0.05, 0.1) is 16.7 Å². The lowest BCUT2D eigenvalue weighted by molar-refractivity contribution is 0.669. The molecule has 0 fully saturated rings. The van der Waals surface area contributed by atoms with Gasteiger partial charge in [0.15, 0.2) is 0 Å². The Bertz CT molecular complexity index is 3460. The zero-order chi connectivity index (χ0) is 36.7. The van der Waals surface area contributed by atoms with Crippen LogP contribution in [0.15, 0.2) is 199 Å². The molecular weight excluding hydrogens is 681 g/mol. The molecule has 12 aromatic rings. The minimum absolute atomic E-state index is 0.884. The summed E-state index contributed by atoms with van der Waals surface area (Å²) in [6.07, 6.45) is 2.04. The van der Waals surface area contributed by atoms with Gasteiger partial charge < -0.3 is 8.98 Å². The van der Waals surface area contributed by atoms with Crippen LogP contribution in [0.2, 0.25) is 0 Å². The van der Waals surface area contributed by atoms with Crippen LogP contribution in [0.1, 0.15) is 0 Å². The number of pyridine rings is 1. The molecule has 260 valence electrons. The number of hydrogen-bond donors (Lipinski definition) is 0. The molecular formula is C53H32N2O. The molecule has 56 heavy (non-hydrogen) atoms. The van der Waals surface area contributed by atoms with Crippen molar-refractivity contribution in [3.05, 3.63) is 194 Å². The maximum absolute atomic E-state index is 6.29. The van der Waals surface area contributed by atoms with Gasteiger partial charge in [0, 0.05) is 44.6 Å². The fraction of sp³-hybridized carbons (Fsp3) is 0. The monoisotopic (exact) mass is 712 g/mol. The molecule has 3 heterocycles. The molecule has 0 saturated carbocycles. The summed E-state index contributed by atoms with van der Waals surface area (Å²) in [4.78, 5) is 5.10. The molecule has 0 atom stereocenters. The number of para-hydroxylation sites is 2. The van der Waals surface area contributed by atoms with Crippen LogP contribution >= 0.6 is 0 Å². The second-order valence-electron chi connectivity index (χ2n) is 14.7. The fourth-order valence-corrected chi connectivity index (χ4v) is 9.07. The third-order valence-electron chi connectivity index (χ3n) is 11.6. The minimum atomic E-state index is 0.884. The van der Waals surface area contributed by atoms with Crippen LogP contribution < -0.4 is 0 Å². The molecule has 12 rings (SSSR count). The Kier molecular flexibility index (Phi) is 6.63. The van der Waals surface area contributed by atoms with Crippen molar-refractivity contribution in [2.45, 2.75) is 0 Å². The normalized spacial score (nSPS) is 11.9. The Hall–Kier alpha value is -7.49. The maximum atomic E-state index is 6.29. The molecule has 0 amide bonds. The molecule has 3 nitrogen and oxygen atoms in total. The first kappa shape index (κ1) is 30.9. The van der Waals surface area contributed by atoms with Crippen LogP contribution in [0.5, 0.6) is 0 Å². The van der Waals surface area contributed by atoms with E-state index in [0.29, 0.717) is 0 Å². The summed E-state index contributed by atoms with van der Waals surface area (Å²) in [6.45, 7) is 0.